The van der Waals surface area contributed by atoms with Crippen molar-refractivity contribution in [2.45, 2.75) is 31.8 Å². The minimum atomic E-state index is -3.73. The van der Waals surface area contributed by atoms with Crippen LogP contribution in [0.1, 0.15) is 19.4 Å². The molecule has 0 aliphatic carbocycles. The molecule has 0 aliphatic heterocycles. The van der Waals surface area contributed by atoms with E-state index in [1.165, 1.54) is 12.1 Å². The Bertz CT molecular complexity index is 823. The highest BCUT2D eigenvalue weighted by atomic mass is 32.2. The van der Waals surface area contributed by atoms with E-state index in [-0.39, 0.29) is 23.5 Å². The van der Waals surface area contributed by atoms with Gasteiger partial charge >= 0.3 is 0 Å². The van der Waals surface area contributed by atoms with E-state index < -0.39 is 10.0 Å². The van der Waals surface area contributed by atoms with E-state index in [0.29, 0.717) is 17.5 Å². The van der Waals surface area contributed by atoms with Gasteiger partial charge in [-0.3, -0.25) is 0 Å². The van der Waals surface area contributed by atoms with Gasteiger partial charge in [-0.15, -0.1) is 0 Å². The van der Waals surface area contributed by atoms with Crippen molar-refractivity contribution < 1.29 is 18.3 Å². The lowest BCUT2D eigenvalue weighted by Crippen LogP contribution is -2.28. The summed E-state index contributed by atoms with van der Waals surface area (Å²) in [5, 5.41) is 17.4. The van der Waals surface area contributed by atoms with Crippen LogP contribution in [-0.4, -0.2) is 36.2 Å². The molecule has 4 N–H and O–H groups in total. The summed E-state index contributed by atoms with van der Waals surface area (Å²) in [5.41, 5.74) is 1.35. The lowest BCUT2D eigenvalue weighted by atomic mass is 10.1. The van der Waals surface area contributed by atoms with Crippen LogP contribution in [0.15, 0.2) is 35.4 Å². The summed E-state index contributed by atoms with van der Waals surface area (Å²) < 4.78 is 28.3. The van der Waals surface area contributed by atoms with Gasteiger partial charge in [-0.25, -0.2) is 18.5 Å². The first kappa shape index (κ1) is 19.1. The maximum Gasteiger partial charge on any atom is 0.238 e. The molecule has 0 radical (unpaired) electrons. The molecule has 1 aromatic carbocycles. The third-order valence-corrected chi connectivity index (χ3v) is 4.48. The zero-order valence-corrected chi connectivity index (χ0v) is 15.1. The highest BCUT2D eigenvalue weighted by Gasteiger charge is 2.17. The smallest absolute Gasteiger partial charge is 0.238 e. The van der Waals surface area contributed by atoms with Gasteiger partial charge in [-0.1, -0.05) is 13.8 Å². The van der Waals surface area contributed by atoms with E-state index in [4.69, 9.17) is 9.88 Å². The second-order valence-electron chi connectivity index (χ2n) is 5.96. The summed E-state index contributed by atoms with van der Waals surface area (Å²) in [6, 6.07) is 5.91. The molecule has 0 spiro atoms. The second kappa shape index (κ2) is 7.77. The molecule has 0 amide bonds. The Morgan fingerprint density at radius 1 is 1.28 bits per heavy atom. The number of sulfonamides is 1. The Hall–Kier alpha value is -2.23. The van der Waals surface area contributed by atoms with Gasteiger partial charge in [0.25, 0.3) is 0 Å². The largest absolute Gasteiger partial charge is 0.471 e. The second-order valence-corrected chi connectivity index (χ2v) is 7.52. The standard InChI is InChI=1S/C16H22N4O4S/c1-10(2)14(9-21)24-15-11(3)8-18-16(20-15)19-12-4-6-13(7-5-12)25(17,22)23/h4-8,10,14,21H,9H2,1-3H3,(H2,17,22,23)(H,18,19,20)/t14-/m0/s1. The van der Waals surface area contributed by atoms with Gasteiger partial charge in [0, 0.05) is 17.4 Å². The molecule has 0 saturated carbocycles. The number of anilines is 2. The summed E-state index contributed by atoms with van der Waals surface area (Å²) in [6.07, 6.45) is 1.24. The zero-order chi connectivity index (χ0) is 18.6. The summed E-state index contributed by atoms with van der Waals surface area (Å²) in [4.78, 5) is 8.51. The molecule has 0 aliphatic rings. The number of primary sulfonamides is 1. The Morgan fingerprint density at radius 2 is 1.92 bits per heavy atom. The van der Waals surface area contributed by atoms with Crippen LogP contribution in [0.3, 0.4) is 0 Å². The minimum Gasteiger partial charge on any atom is -0.471 e. The summed E-state index contributed by atoms with van der Waals surface area (Å²) in [7, 11) is -3.73. The monoisotopic (exact) mass is 366 g/mol. The number of rotatable bonds is 7. The predicted molar refractivity (Wildman–Crippen MR) is 94.2 cm³/mol. The Balaban J connectivity index is 2.19. The molecule has 0 saturated heterocycles. The molecule has 2 rings (SSSR count). The van der Waals surface area contributed by atoms with E-state index in [1.54, 1.807) is 18.3 Å². The predicted octanol–water partition coefficient (Wildman–Crippen LogP) is 1.57. The molecule has 136 valence electrons. The summed E-state index contributed by atoms with van der Waals surface area (Å²) in [6.45, 7) is 5.60. The van der Waals surface area contributed by atoms with Gasteiger partial charge < -0.3 is 15.2 Å². The van der Waals surface area contributed by atoms with E-state index >= 15 is 0 Å². The number of hydrogen-bond donors (Lipinski definition) is 3. The van der Waals surface area contributed by atoms with E-state index in [0.717, 1.165) is 5.56 Å². The Morgan fingerprint density at radius 3 is 2.44 bits per heavy atom. The number of nitrogens with zero attached hydrogens (tertiary/aromatic N) is 2. The van der Waals surface area contributed by atoms with Crippen LogP contribution >= 0.6 is 0 Å². The van der Waals surface area contributed by atoms with Crippen LogP contribution < -0.4 is 15.2 Å². The van der Waals surface area contributed by atoms with Crippen molar-refractivity contribution in [1.82, 2.24) is 9.97 Å². The fourth-order valence-electron chi connectivity index (χ4n) is 1.99. The summed E-state index contributed by atoms with van der Waals surface area (Å²) in [5.74, 6) is 0.803. The topological polar surface area (TPSA) is 127 Å². The first-order valence-corrected chi connectivity index (χ1v) is 9.26. The zero-order valence-electron chi connectivity index (χ0n) is 14.3. The molecule has 2 aromatic rings. The minimum absolute atomic E-state index is 0.0228. The van der Waals surface area contributed by atoms with Gasteiger partial charge in [-0.2, -0.15) is 4.98 Å². The van der Waals surface area contributed by atoms with Gasteiger partial charge in [0.2, 0.25) is 21.9 Å². The van der Waals surface area contributed by atoms with Crippen molar-refractivity contribution in [3.05, 3.63) is 36.0 Å². The number of aliphatic hydroxyl groups excluding tert-OH is 1. The number of nitrogens with one attached hydrogen (secondary N) is 1. The highest BCUT2D eigenvalue weighted by Crippen LogP contribution is 2.22. The van der Waals surface area contributed by atoms with Crippen molar-refractivity contribution >= 4 is 21.7 Å². The Kier molecular flexibility index (Phi) is 5.93. The van der Waals surface area contributed by atoms with Crippen molar-refractivity contribution in [3.63, 3.8) is 0 Å². The first-order valence-electron chi connectivity index (χ1n) is 7.71. The van der Waals surface area contributed by atoms with Gasteiger partial charge in [0.15, 0.2) is 0 Å². The molecule has 8 nitrogen and oxygen atoms in total. The molecule has 0 fully saturated rings. The lowest BCUT2D eigenvalue weighted by molar-refractivity contribution is 0.0755. The number of benzene rings is 1. The number of aromatic nitrogens is 2. The number of aliphatic hydroxyl groups is 1. The molecular formula is C16H22N4O4S. The molecule has 0 unspecified atom stereocenters. The van der Waals surface area contributed by atoms with Gasteiger partial charge in [0.1, 0.15) is 6.10 Å². The van der Waals surface area contributed by atoms with Crippen molar-refractivity contribution in [2.24, 2.45) is 11.1 Å². The molecule has 1 heterocycles. The SMILES string of the molecule is Cc1cnc(Nc2ccc(S(N)(=O)=O)cc2)nc1O[C@@H](CO)C(C)C. The van der Waals surface area contributed by atoms with Crippen molar-refractivity contribution in [3.8, 4) is 5.88 Å². The number of ether oxygens (including phenoxy) is 1. The molecule has 0 bridgehead atoms. The van der Waals surface area contributed by atoms with Gasteiger partial charge in [-0.05, 0) is 37.1 Å². The normalized spacial score (nSPS) is 12.9. The quantitative estimate of drug-likeness (QED) is 0.678. The van der Waals surface area contributed by atoms with Crippen molar-refractivity contribution in [1.29, 1.82) is 0 Å². The third-order valence-electron chi connectivity index (χ3n) is 3.55. The van der Waals surface area contributed by atoms with E-state index in [1.807, 2.05) is 20.8 Å². The number of nitrogens with two attached hydrogens (primary N) is 1. The van der Waals surface area contributed by atoms with Crippen LogP contribution in [0, 0.1) is 12.8 Å². The number of hydrogen-bond acceptors (Lipinski definition) is 7. The lowest BCUT2D eigenvalue weighted by Gasteiger charge is -2.20. The summed E-state index contributed by atoms with van der Waals surface area (Å²) >= 11 is 0. The number of aryl methyl sites for hydroxylation is 1. The molecule has 1 aromatic heterocycles. The van der Waals surface area contributed by atoms with E-state index in [9.17, 15) is 13.5 Å². The Labute approximate surface area is 147 Å². The maximum atomic E-state index is 11.3. The van der Waals surface area contributed by atoms with Crippen LogP contribution in [-0.2, 0) is 10.0 Å². The van der Waals surface area contributed by atoms with Gasteiger partial charge in [0.05, 0.1) is 11.5 Å². The van der Waals surface area contributed by atoms with E-state index in [2.05, 4.69) is 15.3 Å². The molecule has 25 heavy (non-hydrogen) atoms. The fourth-order valence-corrected chi connectivity index (χ4v) is 2.51. The average molecular weight is 366 g/mol. The van der Waals surface area contributed by atoms with Crippen LogP contribution in [0.4, 0.5) is 11.6 Å². The van der Waals surface area contributed by atoms with Crippen molar-refractivity contribution in [2.75, 3.05) is 11.9 Å². The van der Waals surface area contributed by atoms with Crippen LogP contribution in [0.5, 0.6) is 5.88 Å². The third kappa shape index (κ3) is 5.12. The maximum absolute atomic E-state index is 11.3. The molecule has 1 atom stereocenters. The van der Waals surface area contributed by atoms with Crippen LogP contribution in [0.2, 0.25) is 0 Å². The molecule has 9 heteroatoms. The average Bonchev–Trinajstić information content (AvgIpc) is 2.54. The van der Waals surface area contributed by atoms with Crippen LogP contribution in [0.25, 0.3) is 0 Å². The highest BCUT2D eigenvalue weighted by molar-refractivity contribution is 7.89. The first-order chi connectivity index (χ1) is 11.7. The molecular weight excluding hydrogens is 344 g/mol. The fraction of sp³-hybridized carbons (Fsp3) is 0.375.